The fourth-order valence-electron chi connectivity index (χ4n) is 5.85. The first kappa shape index (κ1) is 25.5. The lowest BCUT2D eigenvalue weighted by atomic mass is 10.0. The molecule has 0 saturated carbocycles. The Morgan fingerprint density at radius 3 is 2.59 bits per heavy atom. The molecule has 2 aromatic heterocycles. The van der Waals surface area contributed by atoms with Crippen molar-refractivity contribution in [3.05, 3.63) is 90.4 Å². The lowest BCUT2D eigenvalue weighted by Crippen LogP contribution is -2.46. The summed E-state index contributed by atoms with van der Waals surface area (Å²) in [4.78, 5) is 27.0. The first-order chi connectivity index (χ1) is 19.2. The highest BCUT2D eigenvalue weighted by Crippen LogP contribution is 2.27. The second kappa shape index (κ2) is 11.9. The maximum Gasteiger partial charge on any atom is 0.319 e. The Balaban J connectivity index is 0.931. The molecule has 7 heteroatoms. The van der Waals surface area contributed by atoms with E-state index in [-0.39, 0.29) is 12.1 Å². The fraction of sp³-hybridized carbons (Fsp3) is 0.344. The van der Waals surface area contributed by atoms with Gasteiger partial charge in [0.1, 0.15) is 0 Å². The molecule has 7 nitrogen and oxygen atoms in total. The van der Waals surface area contributed by atoms with Gasteiger partial charge in [-0.15, -0.1) is 0 Å². The van der Waals surface area contributed by atoms with Gasteiger partial charge in [0.15, 0.2) is 0 Å². The third-order valence-corrected chi connectivity index (χ3v) is 7.97. The smallest absolute Gasteiger partial charge is 0.319 e. The summed E-state index contributed by atoms with van der Waals surface area (Å²) in [6, 6.07) is 22.5. The Morgan fingerprint density at radius 2 is 1.72 bits per heavy atom. The molecule has 2 aromatic carbocycles. The maximum absolute atomic E-state index is 12.8. The number of pyridine rings is 2. The van der Waals surface area contributed by atoms with Crippen LogP contribution in [-0.4, -0.2) is 64.6 Å². The van der Waals surface area contributed by atoms with E-state index in [9.17, 15) is 4.79 Å². The number of carbonyl (C=O) groups excluding carboxylic acids is 1. The second-order valence-corrected chi connectivity index (χ2v) is 10.7. The van der Waals surface area contributed by atoms with Gasteiger partial charge in [-0.3, -0.25) is 14.9 Å². The van der Waals surface area contributed by atoms with E-state index in [2.05, 4.69) is 43.6 Å². The number of benzene rings is 2. The van der Waals surface area contributed by atoms with Crippen molar-refractivity contribution in [3.8, 4) is 11.1 Å². The van der Waals surface area contributed by atoms with Crippen LogP contribution in [0.4, 0.5) is 10.5 Å². The molecule has 0 atom stereocenters. The molecular weight excluding hydrogens is 484 g/mol. The predicted octanol–water partition coefficient (Wildman–Crippen LogP) is 5.33. The Bertz CT molecular complexity index is 1420. The molecule has 4 heterocycles. The van der Waals surface area contributed by atoms with Gasteiger partial charge in [-0.1, -0.05) is 48.5 Å². The van der Waals surface area contributed by atoms with Crippen molar-refractivity contribution in [1.82, 2.24) is 25.1 Å². The number of aromatic nitrogens is 2. The van der Waals surface area contributed by atoms with Gasteiger partial charge < -0.3 is 15.5 Å². The fourth-order valence-corrected chi connectivity index (χ4v) is 5.85. The van der Waals surface area contributed by atoms with Crippen molar-refractivity contribution in [2.45, 2.75) is 38.3 Å². The van der Waals surface area contributed by atoms with Crippen LogP contribution in [0.15, 0.2) is 79.1 Å². The van der Waals surface area contributed by atoms with Crippen molar-refractivity contribution in [2.75, 3.05) is 38.0 Å². The van der Waals surface area contributed by atoms with Crippen molar-refractivity contribution in [3.63, 3.8) is 0 Å². The van der Waals surface area contributed by atoms with Gasteiger partial charge in [-0.05, 0) is 61.7 Å². The first-order valence-electron chi connectivity index (χ1n) is 14.1. The van der Waals surface area contributed by atoms with E-state index >= 15 is 0 Å². The Kier molecular flexibility index (Phi) is 7.79. The number of fused-ring (bicyclic) bond motifs is 2. The minimum absolute atomic E-state index is 0.125. The summed E-state index contributed by atoms with van der Waals surface area (Å²) in [6.07, 6.45) is 7.87. The number of amides is 2. The summed E-state index contributed by atoms with van der Waals surface area (Å²) in [6.45, 7) is 6.31. The monoisotopic (exact) mass is 520 g/mol. The van der Waals surface area contributed by atoms with Gasteiger partial charge >= 0.3 is 6.03 Å². The second-order valence-electron chi connectivity index (χ2n) is 10.7. The highest BCUT2D eigenvalue weighted by molar-refractivity contribution is 5.94. The summed E-state index contributed by atoms with van der Waals surface area (Å²) in [5, 5.41) is 7.41. The summed E-state index contributed by atoms with van der Waals surface area (Å²) < 4.78 is 0. The van der Waals surface area contributed by atoms with Crippen LogP contribution in [0.5, 0.6) is 0 Å². The SMILES string of the molecule is O=C(Nc1ccccc1-c1ccccc1)NC1CCN(CCCN2CCc3nc4ccncc4cc3C2)CC1. The van der Waals surface area contributed by atoms with E-state index in [1.807, 2.05) is 60.9 Å². The van der Waals surface area contributed by atoms with Crippen LogP contribution in [0.3, 0.4) is 0 Å². The lowest BCUT2D eigenvalue weighted by Gasteiger charge is -2.33. The first-order valence-corrected chi connectivity index (χ1v) is 14.1. The summed E-state index contributed by atoms with van der Waals surface area (Å²) in [7, 11) is 0. The van der Waals surface area contributed by atoms with E-state index in [0.717, 1.165) is 92.7 Å². The third-order valence-electron chi connectivity index (χ3n) is 7.97. The van der Waals surface area contributed by atoms with Crippen molar-refractivity contribution in [2.24, 2.45) is 0 Å². The maximum atomic E-state index is 12.8. The molecule has 0 spiro atoms. The summed E-state index contributed by atoms with van der Waals surface area (Å²) in [5.74, 6) is 0. The molecule has 2 amide bonds. The van der Waals surface area contributed by atoms with Crippen LogP contribution >= 0.6 is 0 Å². The van der Waals surface area contributed by atoms with Crippen molar-refractivity contribution >= 4 is 22.6 Å². The van der Waals surface area contributed by atoms with Gasteiger partial charge in [-0.25, -0.2) is 4.79 Å². The highest BCUT2D eigenvalue weighted by atomic mass is 16.2. The van der Waals surface area contributed by atoms with Crippen molar-refractivity contribution in [1.29, 1.82) is 0 Å². The zero-order chi connectivity index (χ0) is 26.4. The molecule has 1 fully saturated rings. The quantitative estimate of drug-likeness (QED) is 0.345. The molecule has 2 N–H and O–H groups in total. The number of hydrogen-bond donors (Lipinski definition) is 2. The topological polar surface area (TPSA) is 73.4 Å². The Hall–Kier alpha value is -3.81. The number of piperidine rings is 1. The van der Waals surface area contributed by atoms with Crippen LogP contribution in [0.2, 0.25) is 0 Å². The average molecular weight is 521 g/mol. The molecule has 39 heavy (non-hydrogen) atoms. The number of urea groups is 1. The largest absolute Gasteiger partial charge is 0.335 e. The van der Waals surface area contributed by atoms with E-state index in [1.165, 1.54) is 11.3 Å². The highest BCUT2D eigenvalue weighted by Gasteiger charge is 2.22. The molecule has 200 valence electrons. The molecule has 2 aliphatic rings. The van der Waals surface area contributed by atoms with E-state index < -0.39 is 0 Å². The average Bonchev–Trinajstić information content (AvgIpc) is 2.97. The van der Waals surface area contributed by atoms with Crippen LogP contribution in [0.1, 0.15) is 30.5 Å². The third kappa shape index (κ3) is 6.27. The van der Waals surface area contributed by atoms with Crippen LogP contribution in [-0.2, 0) is 13.0 Å². The van der Waals surface area contributed by atoms with Gasteiger partial charge in [-0.2, -0.15) is 0 Å². The molecule has 0 aliphatic carbocycles. The number of hydrogen-bond acceptors (Lipinski definition) is 5. The van der Waals surface area contributed by atoms with E-state index in [1.54, 1.807) is 0 Å². The minimum atomic E-state index is -0.125. The minimum Gasteiger partial charge on any atom is -0.335 e. The zero-order valence-corrected chi connectivity index (χ0v) is 22.4. The van der Waals surface area contributed by atoms with Gasteiger partial charge in [0.2, 0.25) is 0 Å². The summed E-state index contributed by atoms with van der Waals surface area (Å²) >= 11 is 0. The lowest BCUT2D eigenvalue weighted by molar-refractivity contribution is 0.178. The number of nitrogens with one attached hydrogen (secondary N) is 2. The molecule has 1 saturated heterocycles. The molecule has 0 unspecified atom stereocenters. The van der Waals surface area contributed by atoms with E-state index in [0.29, 0.717) is 0 Å². The van der Waals surface area contributed by atoms with Crippen molar-refractivity contribution < 1.29 is 4.79 Å². The molecule has 2 aliphatic heterocycles. The van der Waals surface area contributed by atoms with Crippen LogP contribution in [0.25, 0.3) is 22.0 Å². The van der Waals surface area contributed by atoms with E-state index in [4.69, 9.17) is 4.98 Å². The molecule has 0 radical (unpaired) electrons. The normalized spacial score (nSPS) is 16.6. The molecule has 4 aromatic rings. The standard InChI is InChI=1S/C32H36N6O/c39-32(36-31-10-5-4-9-28(31)24-7-2-1-3-8-24)34-27-12-18-37(19-13-27)16-6-17-38-20-14-30-26(23-38)21-25-22-33-15-11-29(25)35-30/h1-5,7-11,15,21-22,27H,6,12-14,16-20,23H2,(H2,34,36,39). The molecule has 0 bridgehead atoms. The number of para-hydroxylation sites is 1. The Morgan fingerprint density at radius 1 is 0.923 bits per heavy atom. The number of likely N-dealkylation sites (tertiary alicyclic amines) is 1. The Labute approximate surface area is 230 Å². The van der Waals surface area contributed by atoms with Crippen LogP contribution < -0.4 is 10.6 Å². The van der Waals surface area contributed by atoms with Gasteiger partial charge in [0.05, 0.1) is 11.2 Å². The predicted molar refractivity (Wildman–Crippen MR) is 157 cm³/mol. The number of anilines is 1. The molecular formula is C32H36N6O. The number of nitrogens with zero attached hydrogens (tertiary/aromatic N) is 4. The van der Waals surface area contributed by atoms with Gasteiger partial charge in [0.25, 0.3) is 0 Å². The number of carbonyl (C=O) groups is 1. The van der Waals surface area contributed by atoms with Crippen LogP contribution in [0, 0.1) is 0 Å². The molecule has 6 rings (SSSR count). The van der Waals surface area contributed by atoms with Gasteiger partial charge in [0, 0.05) is 67.7 Å². The number of rotatable bonds is 7. The summed E-state index contributed by atoms with van der Waals surface area (Å²) in [5.41, 5.74) is 6.59. The zero-order valence-electron chi connectivity index (χ0n) is 22.4.